The fourth-order valence-corrected chi connectivity index (χ4v) is 2.99. The SMILES string of the molecule is COC(=O)c1c(C)[nH]c(C(=O)Nc2cc(NC(=O)C3CC3)ccc2C)c1C. The highest BCUT2D eigenvalue weighted by atomic mass is 16.5. The molecule has 142 valence electrons. The van der Waals surface area contributed by atoms with E-state index >= 15 is 0 Å². The molecule has 1 heterocycles. The van der Waals surface area contributed by atoms with Crippen LogP contribution in [0.4, 0.5) is 11.4 Å². The van der Waals surface area contributed by atoms with Crippen LogP contribution in [0.15, 0.2) is 18.2 Å². The minimum Gasteiger partial charge on any atom is -0.465 e. The minimum atomic E-state index is -0.485. The molecule has 0 saturated heterocycles. The number of methoxy groups -OCH3 is 1. The molecule has 0 spiro atoms. The number of aromatic amines is 1. The van der Waals surface area contributed by atoms with Crippen molar-refractivity contribution in [2.24, 2.45) is 5.92 Å². The van der Waals surface area contributed by atoms with Gasteiger partial charge in [0, 0.05) is 23.0 Å². The number of H-pyrrole nitrogens is 1. The van der Waals surface area contributed by atoms with Crippen LogP contribution < -0.4 is 10.6 Å². The van der Waals surface area contributed by atoms with Crippen molar-refractivity contribution in [3.8, 4) is 0 Å². The van der Waals surface area contributed by atoms with Crippen LogP contribution >= 0.6 is 0 Å². The standard InChI is InChI=1S/C20H23N3O4/c1-10-5-8-14(22-18(24)13-6-7-13)9-15(10)23-19(25)17-11(2)16(12(3)21-17)20(26)27-4/h5,8-9,13,21H,6-7H2,1-4H3,(H,22,24)(H,23,25). The van der Waals surface area contributed by atoms with E-state index in [1.54, 1.807) is 19.9 Å². The van der Waals surface area contributed by atoms with E-state index in [2.05, 4.69) is 15.6 Å². The van der Waals surface area contributed by atoms with E-state index in [1.807, 2.05) is 19.1 Å². The first-order valence-electron chi connectivity index (χ1n) is 8.82. The van der Waals surface area contributed by atoms with Gasteiger partial charge in [-0.25, -0.2) is 4.79 Å². The summed E-state index contributed by atoms with van der Waals surface area (Å²) in [6.07, 6.45) is 1.85. The van der Waals surface area contributed by atoms with Crippen LogP contribution in [0.1, 0.15) is 50.5 Å². The summed E-state index contributed by atoms with van der Waals surface area (Å²) >= 11 is 0. The van der Waals surface area contributed by atoms with E-state index in [4.69, 9.17) is 4.74 Å². The van der Waals surface area contributed by atoms with Crippen LogP contribution in [0.3, 0.4) is 0 Å². The number of aromatic nitrogens is 1. The monoisotopic (exact) mass is 369 g/mol. The summed E-state index contributed by atoms with van der Waals surface area (Å²) in [6, 6.07) is 5.38. The summed E-state index contributed by atoms with van der Waals surface area (Å²) in [7, 11) is 1.30. The number of anilines is 2. The first-order valence-corrected chi connectivity index (χ1v) is 8.82. The molecule has 0 unspecified atom stereocenters. The van der Waals surface area contributed by atoms with Crippen molar-refractivity contribution >= 4 is 29.2 Å². The third kappa shape index (κ3) is 3.86. The molecule has 0 atom stereocenters. The largest absolute Gasteiger partial charge is 0.465 e. The third-order valence-electron chi connectivity index (χ3n) is 4.76. The Labute approximate surface area is 157 Å². The maximum atomic E-state index is 12.7. The number of rotatable bonds is 5. The van der Waals surface area contributed by atoms with Gasteiger partial charge in [0.25, 0.3) is 5.91 Å². The number of benzene rings is 1. The first kappa shape index (κ1) is 18.7. The summed E-state index contributed by atoms with van der Waals surface area (Å²) in [6.45, 7) is 5.29. The minimum absolute atomic E-state index is 0.00897. The van der Waals surface area contributed by atoms with Gasteiger partial charge in [0.05, 0.1) is 12.7 Å². The van der Waals surface area contributed by atoms with Crippen LogP contribution in [0.5, 0.6) is 0 Å². The molecule has 0 aliphatic heterocycles. The molecule has 27 heavy (non-hydrogen) atoms. The average Bonchev–Trinajstić information content (AvgIpc) is 3.43. The lowest BCUT2D eigenvalue weighted by atomic mass is 10.1. The molecule has 0 bridgehead atoms. The number of ether oxygens (including phenoxy) is 1. The predicted molar refractivity (Wildman–Crippen MR) is 102 cm³/mol. The normalized spacial score (nSPS) is 13.2. The molecule has 2 aromatic rings. The Morgan fingerprint density at radius 2 is 1.81 bits per heavy atom. The highest BCUT2D eigenvalue weighted by Gasteiger charge is 2.29. The van der Waals surface area contributed by atoms with Gasteiger partial charge in [0.1, 0.15) is 5.69 Å². The summed E-state index contributed by atoms with van der Waals surface area (Å²) < 4.78 is 4.77. The zero-order chi connectivity index (χ0) is 19.7. The fraction of sp³-hybridized carbons (Fsp3) is 0.350. The fourth-order valence-electron chi connectivity index (χ4n) is 2.99. The number of hydrogen-bond acceptors (Lipinski definition) is 4. The molecule has 7 nitrogen and oxygen atoms in total. The van der Waals surface area contributed by atoms with Crippen molar-refractivity contribution in [2.75, 3.05) is 17.7 Å². The van der Waals surface area contributed by atoms with Crippen molar-refractivity contribution in [3.63, 3.8) is 0 Å². The van der Waals surface area contributed by atoms with E-state index in [0.29, 0.717) is 33.9 Å². The Morgan fingerprint density at radius 1 is 1.11 bits per heavy atom. The smallest absolute Gasteiger partial charge is 0.339 e. The zero-order valence-electron chi connectivity index (χ0n) is 15.9. The maximum absolute atomic E-state index is 12.7. The second-order valence-electron chi connectivity index (χ2n) is 6.86. The molecule has 1 aliphatic carbocycles. The Balaban J connectivity index is 1.81. The molecule has 0 radical (unpaired) electrons. The lowest BCUT2D eigenvalue weighted by Gasteiger charge is -2.11. The van der Waals surface area contributed by atoms with Gasteiger partial charge >= 0.3 is 5.97 Å². The molecule has 1 saturated carbocycles. The number of carbonyl (C=O) groups excluding carboxylic acids is 3. The van der Waals surface area contributed by atoms with Crippen molar-refractivity contribution in [2.45, 2.75) is 33.6 Å². The Hall–Kier alpha value is -3.09. The van der Waals surface area contributed by atoms with Gasteiger partial charge in [-0.2, -0.15) is 0 Å². The molecule has 3 N–H and O–H groups in total. The van der Waals surface area contributed by atoms with Crippen molar-refractivity contribution in [3.05, 3.63) is 46.3 Å². The van der Waals surface area contributed by atoms with Gasteiger partial charge in [-0.3, -0.25) is 9.59 Å². The topological polar surface area (TPSA) is 100 Å². The molecule has 3 rings (SSSR count). The summed E-state index contributed by atoms with van der Waals surface area (Å²) in [5.74, 6) is -0.735. The zero-order valence-corrected chi connectivity index (χ0v) is 15.9. The van der Waals surface area contributed by atoms with Crippen molar-refractivity contribution in [1.82, 2.24) is 4.98 Å². The van der Waals surface area contributed by atoms with E-state index < -0.39 is 5.97 Å². The van der Waals surface area contributed by atoms with Gasteiger partial charge in [0.2, 0.25) is 5.91 Å². The van der Waals surface area contributed by atoms with Gasteiger partial charge in [0.15, 0.2) is 0 Å². The lowest BCUT2D eigenvalue weighted by Crippen LogP contribution is -2.16. The second kappa shape index (κ2) is 7.26. The summed E-state index contributed by atoms with van der Waals surface area (Å²) in [5, 5.41) is 5.72. The predicted octanol–water partition coefficient (Wildman–Crippen LogP) is 3.33. The number of esters is 1. The van der Waals surface area contributed by atoms with Crippen LogP contribution in [0, 0.1) is 26.7 Å². The summed E-state index contributed by atoms with van der Waals surface area (Å²) in [5.41, 5.74) is 3.88. The molecule has 2 amide bonds. The van der Waals surface area contributed by atoms with Crippen LogP contribution in [-0.4, -0.2) is 29.9 Å². The van der Waals surface area contributed by atoms with E-state index in [-0.39, 0.29) is 17.7 Å². The number of nitrogens with one attached hydrogen (secondary N) is 3. The van der Waals surface area contributed by atoms with E-state index in [9.17, 15) is 14.4 Å². The van der Waals surface area contributed by atoms with Crippen LogP contribution in [-0.2, 0) is 9.53 Å². The molecule has 1 aliphatic rings. The van der Waals surface area contributed by atoms with Crippen molar-refractivity contribution in [1.29, 1.82) is 0 Å². The Kier molecular flexibility index (Phi) is 5.03. The number of amides is 2. The Bertz CT molecular complexity index is 926. The average molecular weight is 369 g/mol. The highest BCUT2D eigenvalue weighted by molar-refractivity contribution is 6.07. The van der Waals surface area contributed by atoms with Gasteiger partial charge in [-0.15, -0.1) is 0 Å². The molecular formula is C20H23N3O4. The van der Waals surface area contributed by atoms with E-state index in [1.165, 1.54) is 7.11 Å². The number of hydrogen-bond donors (Lipinski definition) is 3. The first-order chi connectivity index (χ1) is 12.8. The van der Waals surface area contributed by atoms with Gasteiger partial charge in [-0.1, -0.05) is 6.07 Å². The van der Waals surface area contributed by atoms with Gasteiger partial charge < -0.3 is 20.4 Å². The van der Waals surface area contributed by atoms with Gasteiger partial charge in [-0.05, 0) is 56.9 Å². The maximum Gasteiger partial charge on any atom is 0.339 e. The van der Waals surface area contributed by atoms with E-state index in [0.717, 1.165) is 18.4 Å². The molecule has 7 heteroatoms. The quantitative estimate of drug-likeness (QED) is 0.704. The Morgan fingerprint density at radius 3 is 2.44 bits per heavy atom. The third-order valence-corrected chi connectivity index (χ3v) is 4.76. The lowest BCUT2D eigenvalue weighted by molar-refractivity contribution is -0.117. The molecule has 1 aromatic carbocycles. The highest BCUT2D eigenvalue weighted by Crippen LogP contribution is 2.31. The molecular weight excluding hydrogens is 346 g/mol. The van der Waals surface area contributed by atoms with Crippen LogP contribution in [0.2, 0.25) is 0 Å². The number of aryl methyl sites for hydroxylation is 2. The second-order valence-corrected chi connectivity index (χ2v) is 6.86. The van der Waals surface area contributed by atoms with Crippen LogP contribution in [0.25, 0.3) is 0 Å². The summed E-state index contributed by atoms with van der Waals surface area (Å²) in [4.78, 5) is 39.5. The van der Waals surface area contributed by atoms with Crippen molar-refractivity contribution < 1.29 is 19.1 Å². The number of carbonyl (C=O) groups is 3. The molecule has 1 fully saturated rings. The molecule has 1 aromatic heterocycles.